The number of nitrogens with two attached hydrogens (primary N) is 1. The zero-order valence-corrected chi connectivity index (χ0v) is 18.5. The first-order valence-corrected chi connectivity index (χ1v) is 10.8. The van der Waals surface area contributed by atoms with Crippen LogP contribution in [0.1, 0.15) is 15.9 Å². The van der Waals surface area contributed by atoms with E-state index >= 15 is 0 Å². The number of imidazole rings is 1. The second-order valence-electron chi connectivity index (χ2n) is 6.87. The average molecular weight is 471 g/mol. The summed E-state index contributed by atoms with van der Waals surface area (Å²) in [5.74, 6) is -0.122. The van der Waals surface area contributed by atoms with Crippen molar-refractivity contribution in [2.75, 3.05) is 20.2 Å². The number of phenolic OH excluding ortho intramolecular Hbond substituents is 1. The fourth-order valence-corrected chi connectivity index (χ4v) is 4.31. The summed E-state index contributed by atoms with van der Waals surface area (Å²) >= 11 is 7.27. The molecule has 0 aliphatic rings. The number of carbonyl (C=O) groups excluding carboxylic acids is 1. The van der Waals surface area contributed by atoms with Crippen molar-refractivity contribution in [2.24, 2.45) is 5.73 Å². The minimum absolute atomic E-state index is 0.131. The van der Waals surface area contributed by atoms with Gasteiger partial charge >= 0.3 is 0 Å². The predicted octanol–water partition coefficient (Wildman–Crippen LogP) is 2.03. The van der Waals surface area contributed by atoms with E-state index in [9.17, 15) is 14.7 Å². The zero-order chi connectivity index (χ0) is 22.8. The fourth-order valence-electron chi connectivity index (χ4n) is 3.14. The van der Waals surface area contributed by atoms with Gasteiger partial charge in [-0.3, -0.25) is 14.0 Å². The second-order valence-corrected chi connectivity index (χ2v) is 8.29. The molecule has 2 aromatic carbocycles. The number of fused-ring (bicyclic) bond motifs is 1. The van der Waals surface area contributed by atoms with E-state index < -0.39 is 0 Å². The van der Waals surface area contributed by atoms with Crippen molar-refractivity contribution in [3.63, 3.8) is 0 Å². The largest absolute Gasteiger partial charge is 0.503 e. The number of nitrogens with zero attached hydrogens (tertiary/aromatic N) is 2. The van der Waals surface area contributed by atoms with Crippen LogP contribution >= 0.6 is 22.9 Å². The lowest BCUT2D eigenvalue weighted by atomic mass is 10.1. The summed E-state index contributed by atoms with van der Waals surface area (Å²) in [7, 11) is 1.42. The van der Waals surface area contributed by atoms with E-state index in [2.05, 4.69) is 10.3 Å². The highest BCUT2D eigenvalue weighted by Crippen LogP contribution is 2.35. The van der Waals surface area contributed by atoms with Crippen molar-refractivity contribution in [2.45, 2.75) is 0 Å². The Morgan fingerprint density at radius 3 is 2.75 bits per heavy atom. The number of amides is 1. The van der Waals surface area contributed by atoms with Crippen molar-refractivity contribution in [1.82, 2.24) is 14.7 Å². The molecular weight excluding hydrogens is 452 g/mol. The van der Waals surface area contributed by atoms with Crippen LogP contribution in [0, 0.1) is 0 Å². The molecule has 32 heavy (non-hydrogen) atoms. The molecule has 4 aromatic rings. The van der Waals surface area contributed by atoms with E-state index in [4.69, 9.17) is 22.1 Å². The van der Waals surface area contributed by atoms with Gasteiger partial charge in [0.25, 0.3) is 11.5 Å². The number of benzene rings is 2. The van der Waals surface area contributed by atoms with Gasteiger partial charge in [-0.05, 0) is 35.9 Å². The topological polar surface area (TPSA) is 119 Å². The molecule has 0 radical (unpaired) electrons. The van der Waals surface area contributed by atoms with Gasteiger partial charge in [-0.25, -0.2) is 4.98 Å². The quantitative estimate of drug-likeness (QED) is 0.396. The van der Waals surface area contributed by atoms with Crippen LogP contribution < -0.4 is 25.9 Å². The molecule has 0 unspecified atom stereocenters. The lowest BCUT2D eigenvalue weighted by molar-refractivity contribution is 0.0955. The summed E-state index contributed by atoms with van der Waals surface area (Å²) < 4.78 is 7.05. The summed E-state index contributed by atoms with van der Waals surface area (Å²) in [4.78, 5) is 29.9. The van der Waals surface area contributed by atoms with Crippen molar-refractivity contribution in [1.29, 1.82) is 0 Å². The Hall–Kier alpha value is -3.40. The second kappa shape index (κ2) is 8.99. The van der Waals surface area contributed by atoms with Crippen LogP contribution in [0.2, 0.25) is 5.02 Å². The average Bonchev–Trinajstić information content (AvgIpc) is 3.34. The predicted molar refractivity (Wildman–Crippen MR) is 125 cm³/mol. The Morgan fingerprint density at radius 2 is 2.09 bits per heavy atom. The van der Waals surface area contributed by atoms with Gasteiger partial charge in [0.2, 0.25) is 0 Å². The minimum Gasteiger partial charge on any atom is -0.503 e. The maximum absolute atomic E-state index is 12.9. The highest BCUT2D eigenvalue weighted by molar-refractivity contribution is 7.15. The Labute approximate surface area is 191 Å². The molecule has 0 saturated carbocycles. The van der Waals surface area contributed by atoms with Gasteiger partial charge in [0.15, 0.2) is 16.5 Å². The van der Waals surface area contributed by atoms with Gasteiger partial charge in [-0.1, -0.05) is 35.1 Å². The highest BCUT2D eigenvalue weighted by atomic mass is 35.5. The number of rotatable bonds is 6. The maximum Gasteiger partial charge on any atom is 0.274 e. The number of thiazole rings is 1. The molecule has 0 bridgehead atoms. The standard InChI is InChI=1S/C22H19ClN4O4S/c1-31-17-9-12(8-15(23)19(17)28)10-18-21(30)27-11-16(26-22(27)32-18)13-2-4-14(5-3-13)20(29)25-7-6-24/h2-5,8-11,28H,6-7,24H2,1H3,(H,25,29)/b18-10-. The zero-order valence-electron chi connectivity index (χ0n) is 17.0. The molecule has 0 aliphatic heterocycles. The van der Waals surface area contributed by atoms with Crippen molar-refractivity contribution < 1.29 is 14.6 Å². The number of aromatic hydroxyl groups is 1. The van der Waals surface area contributed by atoms with Gasteiger partial charge in [-0.15, -0.1) is 0 Å². The molecular formula is C22H19ClN4O4S. The van der Waals surface area contributed by atoms with Gasteiger partial charge in [0.05, 0.1) is 22.4 Å². The molecule has 4 rings (SSSR count). The first-order valence-electron chi connectivity index (χ1n) is 9.60. The number of methoxy groups -OCH3 is 1. The molecule has 0 fully saturated rings. The summed E-state index contributed by atoms with van der Waals surface area (Å²) in [6, 6.07) is 10.1. The van der Waals surface area contributed by atoms with Crippen molar-refractivity contribution in [3.05, 3.63) is 73.6 Å². The Morgan fingerprint density at radius 1 is 1.34 bits per heavy atom. The number of ether oxygens (including phenoxy) is 1. The first-order chi connectivity index (χ1) is 15.4. The van der Waals surface area contributed by atoms with E-state index in [0.29, 0.717) is 39.4 Å². The molecule has 0 atom stereocenters. The van der Waals surface area contributed by atoms with Gasteiger partial charge in [-0.2, -0.15) is 0 Å². The normalized spacial score (nSPS) is 11.8. The van der Waals surface area contributed by atoms with E-state index in [1.165, 1.54) is 22.8 Å². The lowest BCUT2D eigenvalue weighted by Crippen LogP contribution is -2.28. The van der Waals surface area contributed by atoms with Crippen LogP contribution in [0.25, 0.3) is 22.3 Å². The molecule has 8 nitrogen and oxygen atoms in total. The number of nitrogens with one attached hydrogen (secondary N) is 1. The van der Waals surface area contributed by atoms with Crippen LogP contribution in [0.3, 0.4) is 0 Å². The Balaban J connectivity index is 1.65. The molecule has 0 saturated heterocycles. The van der Waals surface area contributed by atoms with Crippen molar-refractivity contribution >= 4 is 39.9 Å². The van der Waals surface area contributed by atoms with Crippen LogP contribution in [0.15, 0.2) is 47.4 Å². The van der Waals surface area contributed by atoms with Crippen LogP contribution in [0.4, 0.5) is 0 Å². The number of aromatic nitrogens is 2. The first kappa shape index (κ1) is 21.8. The maximum atomic E-state index is 12.9. The summed E-state index contributed by atoms with van der Waals surface area (Å²) in [6.45, 7) is 0.784. The number of carbonyl (C=O) groups is 1. The van der Waals surface area contributed by atoms with E-state index in [0.717, 1.165) is 5.56 Å². The minimum atomic E-state index is -0.218. The van der Waals surface area contributed by atoms with Gasteiger partial charge in [0, 0.05) is 30.4 Å². The molecule has 4 N–H and O–H groups in total. The number of phenols is 1. The molecule has 1 amide bonds. The molecule has 0 aliphatic carbocycles. The molecule has 2 heterocycles. The number of halogens is 1. The van der Waals surface area contributed by atoms with Crippen LogP contribution in [-0.4, -0.2) is 40.6 Å². The van der Waals surface area contributed by atoms with E-state index in [1.54, 1.807) is 48.7 Å². The summed E-state index contributed by atoms with van der Waals surface area (Å²) in [5.41, 5.74) is 7.74. The smallest absolute Gasteiger partial charge is 0.274 e. The summed E-state index contributed by atoms with van der Waals surface area (Å²) in [5, 5.41) is 12.7. The van der Waals surface area contributed by atoms with Crippen LogP contribution in [0.5, 0.6) is 11.5 Å². The third-order valence-electron chi connectivity index (χ3n) is 4.75. The molecule has 164 valence electrons. The molecule has 0 spiro atoms. The lowest BCUT2D eigenvalue weighted by Gasteiger charge is -2.05. The van der Waals surface area contributed by atoms with Crippen LogP contribution in [-0.2, 0) is 0 Å². The SMILES string of the molecule is COc1cc(/C=c2\sc3nc(-c4ccc(C(=O)NCCN)cc4)cn3c2=O)cc(Cl)c1O. The number of hydrogen-bond acceptors (Lipinski definition) is 7. The van der Waals surface area contributed by atoms with E-state index in [1.807, 2.05) is 0 Å². The Kier molecular flexibility index (Phi) is 6.13. The number of hydrogen-bond donors (Lipinski definition) is 3. The monoisotopic (exact) mass is 470 g/mol. The third kappa shape index (κ3) is 4.18. The van der Waals surface area contributed by atoms with Gasteiger partial charge in [0.1, 0.15) is 0 Å². The summed E-state index contributed by atoms with van der Waals surface area (Å²) in [6.07, 6.45) is 3.34. The molecule has 2 aromatic heterocycles. The third-order valence-corrected chi connectivity index (χ3v) is 6.02. The Bertz CT molecular complexity index is 1410. The van der Waals surface area contributed by atoms with Crippen molar-refractivity contribution in [3.8, 4) is 22.8 Å². The fraction of sp³-hybridized carbons (Fsp3) is 0.136. The highest BCUT2D eigenvalue weighted by Gasteiger charge is 2.13. The molecule has 10 heteroatoms. The van der Waals surface area contributed by atoms with Gasteiger partial charge < -0.3 is 20.9 Å². The van der Waals surface area contributed by atoms with E-state index in [-0.39, 0.29) is 28.0 Å².